The summed E-state index contributed by atoms with van der Waals surface area (Å²) >= 11 is 4.07. The molecular formula is C18H27Br. The van der Waals surface area contributed by atoms with Crippen LogP contribution in [0.1, 0.15) is 71.7 Å². The van der Waals surface area contributed by atoms with E-state index in [4.69, 9.17) is 0 Å². The van der Waals surface area contributed by atoms with Crippen molar-refractivity contribution in [3.8, 4) is 0 Å². The summed E-state index contributed by atoms with van der Waals surface area (Å²) < 4.78 is 0. The van der Waals surface area contributed by atoms with Crippen LogP contribution in [0.5, 0.6) is 0 Å². The van der Waals surface area contributed by atoms with Crippen molar-refractivity contribution in [2.45, 2.75) is 71.5 Å². The molecule has 0 N–H and O–H groups in total. The van der Waals surface area contributed by atoms with E-state index in [0.717, 1.165) is 0 Å². The van der Waals surface area contributed by atoms with Gasteiger partial charge in [-0.1, -0.05) is 48.2 Å². The smallest absolute Gasteiger partial charge is 0.0454 e. The van der Waals surface area contributed by atoms with Crippen LogP contribution in [0.3, 0.4) is 0 Å². The molecule has 0 spiro atoms. The molecule has 1 saturated carbocycles. The summed E-state index contributed by atoms with van der Waals surface area (Å²) in [5.74, 6) is 0. The number of hydrogen-bond acceptors (Lipinski definition) is 0. The van der Waals surface area contributed by atoms with Crippen molar-refractivity contribution in [3.63, 3.8) is 0 Å². The lowest BCUT2D eigenvalue weighted by atomic mass is 9.70. The fraction of sp³-hybridized carbons (Fsp3) is 0.667. The highest BCUT2D eigenvalue weighted by molar-refractivity contribution is 9.09. The fourth-order valence-corrected chi connectivity index (χ4v) is 4.73. The van der Waals surface area contributed by atoms with Gasteiger partial charge in [-0.15, -0.1) is 0 Å². The molecule has 0 nitrogen and oxygen atoms in total. The molecule has 0 aliphatic heterocycles. The summed E-state index contributed by atoms with van der Waals surface area (Å²) in [4.78, 5) is 0.499. The molecule has 1 aromatic rings. The topological polar surface area (TPSA) is 0 Å². The average molecular weight is 323 g/mol. The minimum atomic E-state index is 0.425. The fourth-order valence-electron chi connectivity index (χ4n) is 3.59. The Kier molecular flexibility index (Phi) is 4.45. The Morgan fingerprint density at radius 2 is 1.42 bits per heavy atom. The first-order chi connectivity index (χ1) is 8.87. The van der Waals surface area contributed by atoms with Crippen LogP contribution >= 0.6 is 15.9 Å². The van der Waals surface area contributed by atoms with Gasteiger partial charge in [-0.3, -0.25) is 0 Å². The van der Waals surface area contributed by atoms with E-state index in [0.29, 0.717) is 10.2 Å². The van der Waals surface area contributed by atoms with E-state index in [1.165, 1.54) is 54.4 Å². The number of hydrogen-bond donors (Lipinski definition) is 0. The van der Waals surface area contributed by atoms with Crippen LogP contribution < -0.4 is 0 Å². The Hall–Kier alpha value is -0.300. The number of rotatable bonds is 2. The molecule has 1 fully saturated rings. The van der Waals surface area contributed by atoms with E-state index in [9.17, 15) is 0 Å². The van der Waals surface area contributed by atoms with Gasteiger partial charge < -0.3 is 0 Å². The lowest BCUT2D eigenvalue weighted by Gasteiger charge is -2.39. The molecule has 1 aliphatic rings. The van der Waals surface area contributed by atoms with Crippen molar-refractivity contribution >= 4 is 15.9 Å². The lowest BCUT2D eigenvalue weighted by molar-refractivity contribution is 0.212. The maximum absolute atomic E-state index is 4.07. The Bertz CT molecular complexity index is 441. The van der Waals surface area contributed by atoms with E-state index >= 15 is 0 Å². The molecule has 0 aromatic heterocycles. The summed E-state index contributed by atoms with van der Waals surface area (Å²) in [5, 5.41) is 0. The molecule has 106 valence electrons. The summed E-state index contributed by atoms with van der Waals surface area (Å²) in [7, 11) is 0. The van der Waals surface area contributed by atoms with Crippen molar-refractivity contribution in [3.05, 3.63) is 33.9 Å². The Labute approximate surface area is 127 Å². The number of alkyl halides is 1. The van der Waals surface area contributed by atoms with Crippen molar-refractivity contribution in [2.24, 2.45) is 5.41 Å². The molecule has 0 bridgehead atoms. The van der Waals surface area contributed by atoms with Crippen LogP contribution in [-0.2, 0) is 0 Å². The summed E-state index contributed by atoms with van der Waals surface area (Å²) in [6.07, 6.45) is 6.91. The van der Waals surface area contributed by atoms with Crippen molar-refractivity contribution in [1.82, 2.24) is 0 Å². The van der Waals surface area contributed by atoms with E-state index in [1.54, 1.807) is 5.56 Å². The first-order valence-electron chi connectivity index (χ1n) is 7.58. The van der Waals surface area contributed by atoms with E-state index in [-0.39, 0.29) is 0 Å². The number of benzene rings is 1. The highest BCUT2D eigenvalue weighted by atomic mass is 79.9. The van der Waals surface area contributed by atoms with Gasteiger partial charge >= 0.3 is 0 Å². The molecule has 0 saturated heterocycles. The average Bonchev–Trinajstić information content (AvgIpc) is 2.37. The summed E-state index contributed by atoms with van der Waals surface area (Å²) in [6, 6.07) is 2.33. The molecule has 1 aliphatic carbocycles. The SMILES string of the molecule is Cc1cc(C)c(C)c(C(Br)C2(C)CCCCC2)c1C. The van der Waals surface area contributed by atoms with Gasteiger partial charge in [0.25, 0.3) is 0 Å². The van der Waals surface area contributed by atoms with E-state index in [2.05, 4.69) is 56.6 Å². The number of aryl methyl sites for hydroxylation is 2. The molecule has 1 unspecified atom stereocenters. The van der Waals surface area contributed by atoms with Gasteiger partial charge in [0.1, 0.15) is 0 Å². The third-order valence-electron chi connectivity index (χ3n) is 5.29. The van der Waals surface area contributed by atoms with E-state index in [1.807, 2.05) is 0 Å². The predicted molar refractivity (Wildman–Crippen MR) is 88.3 cm³/mol. The van der Waals surface area contributed by atoms with Crippen LogP contribution in [0.15, 0.2) is 6.07 Å². The van der Waals surface area contributed by atoms with E-state index < -0.39 is 0 Å². The van der Waals surface area contributed by atoms with Crippen LogP contribution in [0.2, 0.25) is 0 Å². The zero-order valence-corrected chi connectivity index (χ0v) is 14.7. The molecule has 1 atom stereocenters. The molecular weight excluding hydrogens is 296 g/mol. The molecule has 1 heteroatoms. The van der Waals surface area contributed by atoms with Crippen molar-refractivity contribution in [2.75, 3.05) is 0 Å². The van der Waals surface area contributed by atoms with Crippen LogP contribution in [-0.4, -0.2) is 0 Å². The maximum atomic E-state index is 4.07. The van der Waals surface area contributed by atoms with Crippen LogP contribution in [0.25, 0.3) is 0 Å². The van der Waals surface area contributed by atoms with Gasteiger partial charge in [0.2, 0.25) is 0 Å². The monoisotopic (exact) mass is 322 g/mol. The normalized spacial score (nSPS) is 20.3. The first-order valence-corrected chi connectivity index (χ1v) is 8.50. The lowest BCUT2D eigenvalue weighted by Crippen LogP contribution is -2.26. The standard InChI is InChI=1S/C18H27Br/c1-12-11-13(2)15(4)16(14(12)3)17(19)18(5)9-7-6-8-10-18/h11,17H,6-10H2,1-5H3. The van der Waals surface area contributed by atoms with Gasteiger partial charge in [-0.2, -0.15) is 0 Å². The van der Waals surface area contributed by atoms with Gasteiger partial charge in [0, 0.05) is 4.83 Å². The van der Waals surface area contributed by atoms with Gasteiger partial charge in [0.05, 0.1) is 0 Å². The second-order valence-electron chi connectivity index (χ2n) is 6.75. The Morgan fingerprint density at radius 1 is 0.947 bits per heavy atom. The third-order valence-corrected chi connectivity index (χ3v) is 6.85. The predicted octanol–water partition coefficient (Wildman–Crippen LogP) is 6.33. The molecule has 19 heavy (non-hydrogen) atoms. The quantitative estimate of drug-likeness (QED) is 0.558. The van der Waals surface area contributed by atoms with Crippen LogP contribution in [0, 0.1) is 33.1 Å². The molecule has 0 radical (unpaired) electrons. The Balaban J connectivity index is 2.46. The highest BCUT2D eigenvalue weighted by Crippen LogP contribution is 2.52. The zero-order chi connectivity index (χ0) is 14.2. The summed E-state index contributed by atoms with van der Waals surface area (Å²) in [5.41, 5.74) is 7.81. The third kappa shape index (κ3) is 2.77. The second kappa shape index (κ2) is 5.60. The molecule has 2 rings (SSSR count). The first kappa shape index (κ1) is 15.1. The second-order valence-corrected chi connectivity index (χ2v) is 7.67. The molecule has 0 amide bonds. The zero-order valence-electron chi connectivity index (χ0n) is 13.1. The minimum Gasteiger partial charge on any atom is -0.0833 e. The number of halogens is 1. The van der Waals surface area contributed by atoms with Crippen molar-refractivity contribution < 1.29 is 0 Å². The maximum Gasteiger partial charge on any atom is 0.0454 e. The van der Waals surface area contributed by atoms with Gasteiger partial charge in [-0.25, -0.2) is 0 Å². The largest absolute Gasteiger partial charge is 0.0833 e. The highest BCUT2D eigenvalue weighted by Gasteiger charge is 2.36. The van der Waals surface area contributed by atoms with Gasteiger partial charge in [0.15, 0.2) is 0 Å². The minimum absolute atomic E-state index is 0.425. The molecule has 0 heterocycles. The Morgan fingerprint density at radius 3 is 1.89 bits per heavy atom. The van der Waals surface area contributed by atoms with Crippen molar-refractivity contribution in [1.29, 1.82) is 0 Å². The summed E-state index contributed by atoms with van der Waals surface area (Å²) in [6.45, 7) is 11.5. The van der Waals surface area contributed by atoms with Gasteiger partial charge in [-0.05, 0) is 73.8 Å². The molecule has 1 aromatic carbocycles. The van der Waals surface area contributed by atoms with Crippen LogP contribution in [0.4, 0.5) is 0 Å².